The third-order valence-corrected chi connectivity index (χ3v) is 4.04. The maximum atomic E-state index is 12.6. The Morgan fingerprint density at radius 2 is 2.00 bits per heavy atom. The van der Waals surface area contributed by atoms with Crippen LogP contribution in [0.2, 0.25) is 0 Å². The summed E-state index contributed by atoms with van der Waals surface area (Å²) in [5.74, 6) is 0. The lowest BCUT2D eigenvalue weighted by Gasteiger charge is -2.07. The molecule has 0 spiro atoms. The Bertz CT molecular complexity index is 754. The van der Waals surface area contributed by atoms with E-state index in [-0.39, 0.29) is 6.61 Å². The summed E-state index contributed by atoms with van der Waals surface area (Å²) in [6, 6.07) is 6.58. The first-order chi connectivity index (χ1) is 10.1. The quantitative estimate of drug-likeness (QED) is 0.835. The maximum absolute atomic E-state index is 12.6. The summed E-state index contributed by atoms with van der Waals surface area (Å²) < 4.78 is 64.3. The van der Waals surface area contributed by atoms with Crippen LogP contribution in [0.4, 0.5) is 13.2 Å². The Kier molecular flexibility index (Phi) is 4.88. The first-order valence-corrected chi connectivity index (χ1v) is 8.63. The van der Waals surface area contributed by atoms with Crippen LogP contribution >= 0.6 is 11.8 Å². The summed E-state index contributed by atoms with van der Waals surface area (Å²) in [7, 11) is -3.54. The van der Waals surface area contributed by atoms with E-state index in [1.807, 2.05) is 0 Å². The van der Waals surface area contributed by atoms with E-state index in [2.05, 4.69) is 9.17 Å². The van der Waals surface area contributed by atoms with Gasteiger partial charge in [0.2, 0.25) is 0 Å². The van der Waals surface area contributed by atoms with Crippen LogP contribution in [0.15, 0.2) is 46.5 Å². The monoisotopic (exact) mass is 351 g/mol. The Morgan fingerprint density at radius 3 is 2.64 bits per heavy atom. The number of rotatable bonds is 5. The van der Waals surface area contributed by atoms with Crippen molar-refractivity contribution < 1.29 is 25.8 Å². The summed E-state index contributed by atoms with van der Waals surface area (Å²) in [6.07, 6.45) is -1.90. The summed E-state index contributed by atoms with van der Waals surface area (Å²) >= 11 is 1.11. The van der Waals surface area contributed by atoms with Crippen molar-refractivity contribution >= 4 is 21.9 Å². The second kappa shape index (κ2) is 6.35. The summed E-state index contributed by atoms with van der Waals surface area (Å²) in [6.45, 7) is -0.127. The zero-order chi connectivity index (χ0) is 16.4. The maximum Gasteiger partial charge on any atom is 0.416 e. The minimum absolute atomic E-state index is 0.127. The standard InChI is InChI=1S/C13H12F3NO3S2/c1-22(18,19)20-8-9-5-12(17-7-9)21-11-4-2-3-10(6-11)13(14,15)16/h2-7,17H,8H2,1H3. The van der Waals surface area contributed by atoms with Gasteiger partial charge in [-0.2, -0.15) is 21.6 Å². The largest absolute Gasteiger partial charge is 0.416 e. The Labute approximate surface area is 129 Å². The van der Waals surface area contributed by atoms with Gasteiger partial charge in [0.25, 0.3) is 10.1 Å². The number of aromatic nitrogens is 1. The van der Waals surface area contributed by atoms with E-state index >= 15 is 0 Å². The average molecular weight is 351 g/mol. The molecule has 0 atom stereocenters. The molecular weight excluding hydrogens is 339 g/mol. The highest BCUT2D eigenvalue weighted by Gasteiger charge is 2.30. The van der Waals surface area contributed by atoms with Crippen LogP contribution in [0.1, 0.15) is 11.1 Å². The molecule has 0 amide bonds. The van der Waals surface area contributed by atoms with Gasteiger partial charge in [-0.3, -0.25) is 4.18 Å². The number of hydrogen-bond acceptors (Lipinski definition) is 4. The first-order valence-electron chi connectivity index (χ1n) is 6.00. The number of alkyl halides is 3. The average Bonchev–Trinajstić information content (AvgIpc) is 2.83. The van der Waals surface area contributed by atoms with Crippen molar-refractivity contribution in [2.75, 3.05) is 6.26 Å². The fraction of sp³-hybridized carbons (Fsp3) is 0.231. The molecule has 0 unspecified atom stereocenters. The number of halogens is 3. The molecule has 0 aliphatic carbocycles. The van der Waals surface area contributed by atoms with Crippen LogP contribution in [0, 0.1) is 0 Å². The minimum Gasteiger partial charge on any atom is -0.356 e. The van der Waals surface area contributed by atoms with Crippen molar-refractivity contribution in [1.29, 1.82) is 0 Å². The van der Waals surface area contributed by atoms with Gasteiger partial charge in [0.1, 0.15) is 0 Å². The molecule has 2 aromatic rings. The molecule has 9 heteroatoms. The van der Waals surface area contributed by atoms with E-state index in [9.17, 15) is 21.6 Å². The highest BCUT2D eigenvalue weighted by molar-refractivity contribution is 7.99. The molecule has 22 heavy (non-hydrogen) atoms. The fourth-order valence-electron chi connectivity index (χ4n) is 1.60. The number of H-pyrrole nitrogens is 1. The van der Waals surface area contributed by atoms with Crippen molar-refractivity contribution in [3.63, 3.8) is 0 Å². The summed E-state index contributed by atoms with van der Waals surface area (Å²) in [5, 5.41) is 0.589. The molecule has 1 heterocycles. The third kappa shape index (κ3) is 5.08. The highest BCUT2D eigenvalue weighted by atomic mass is 32.2. The van der Waals surface area contributed by atoms with Crippen LogP contribution in [0.3, 0.4) is 0 Å². The fourth-order valence-corrected chi connectivity index (χ4v) is 2.86. The van der Waals surface area contributed by atoms with Gasteiger partial charge in [-0.15, -0.1) is 0 Å². The van der Waals surface area contributed by atoms with E-state index in [1.165, 1.54) is 6.07 Å². The number of hydrogen-bond donors (Lipinski definition) is 1. The number of benzene rings is 1. The summed E-state index contributed by atoms with van der Waals surface area (Å²) in [5.41, 5.74) is -0.135. The topological polar surface area (TPSA) is 59.2 Å². The highest BCUT2D eigenvalue weighted by Crippen LogP contribution is 2.34. The number of aromatic amines is 1. The van der Waals surface area contributed by atoms with Crippen molar-refractivity contribution in [3.05, 3.63) is 47.7 Å². The van der Waals surface area contributed by atoms with E-state index in [0.29, 0.717) is 15.5 Å². The molecule has 1 aromatic carbocycles. The van der Waals surface area contributed by atoms with Gasteiger partial charge in [-0.1, -0.05) is 17.8 Å². The molecule has 0 bridgehead atoms. The first kappa shape index (κ1) is 16.9. The number of nitrogens with one attached hydrogen (secondary N) is 1. The van der Waals surface area contributed by atoms with Crippen LogP contribution < -0.4 is 0 Å². The van der Waals surface area contributed by atoms with E-state index in [1.54, 1.807) is 18.3 Å². The van der Waals surface area contributed by atoms with Crippen LogP contribution in [0.25, 0.3) is 0 Å². The predicted octanol–water partition coefficient (Wildman–Crippen LogP) is 3.66. The van der Waals surface area contributed by atoms with Crippen molar-refractivity contribution in [1.82, 2.24) is 4.98 Å². The molecule has 0 saturated heterocycles. The van der Waals surface area contributed by atoms with Gasteiger partial charge < -0.3 is 4.98 Å². The second-order valence-electron chi connectivity index (χ2n) is 4.47. The van der Waals surface area contributed by atoms with Gasteiger partial charge in [0, 0.05) is 11.1 Å². The predicted molar refractivity (Wildman–Crippen MR) is 76.0 cm³/mol. The van der Waals surface area contributed by atoms with Crippen LogP contribution in [-0.4, -0.2) is 19.7 Å². The molecule has 2 rings (SSSR count). The molecular formula is C13H12F3NO3S2. The second-order valence-corrected chi connectivity index (χ2v) is 7.23. The molecule has 1 N–H and O–H groups in total. The van der Waals surface area contributed by atoms with Gasteiger partial charge in [-0.25, -0.2) is 0 Å². The Hall–Kier alpha value is -1.45. The lowest BCUT2D eigenvalue weighted by atomic mass is 10.2. The van der Waals surface area contributed by atoms with E-state index < -0.39 is 21.9 Å². The lowest BCUT2D eigenvalue weighted by molar-refractivity contribution is -0.137. The Balaban J connectivity index is 2.07. The van der Waals surface area contributed by atoms with Gasteiger partial charge in [-0.05, 0) is 29.8 Å². The zero-order valence-electron chi connectivity index (χ0n) is 11.3. The summed E-state index contributed by atoms with van der Waals surface area (Å²) in [4.78, 5) is 3.28. The van der Waals surface area contributed by atoms with E-state index in [4.69, 9.17) is 0 Å². The normalized spacial score (nSPS) is 12.5. The van der Waals surface area contributed by atoms with E-state index in [0.717, 1.165) is 30.2 Å². The molecule has 4 nitrogen and oxygen atoms in total. The molecule has 120 valence electrons. The molecule has 0 saturated carbocycles. The lowest BCUT2D eigenvalue weighted by Crippen LogP contribution is -2.04. The van der Waals surface area contributed by atoms with Crippen molar-refractivity contribution in [2.45, 2.75) is 22.7 Å². The van der Waals surface area contributed by atoms with Crippen molar-refractivity contribution in [3.8, 4) is 0 Å². The van der Waals surface area contributed by atoms with Crippen molar-refractivity contribution in [2.24, 2.45) is 0 Å². The van der Waals surface area contributed by atoms with Crippen LogP contribution in [-0.2, 0) is 27.1 Å². The zero-order valence-corrected chi connectivity index (χ0v) is 13.0. The van der Waals surface area contributed by atoms with Gasteiger partial charge >= 0.3 is 6.18 Å². The van der Waals surface area contributed by atoms with Gasteiger partial charge in [0.05, 0.1) is 23.5 Å². The smallest absolute Gasteiger partial charge is 0.356 e. The Morgan fingerprint density at radius 1 is 1.27 bits per heavy atom. The molecule has 0 aliphatic rings. The minimum atomic E-state index is -4.39. The molecule has 0 aliphatic heterocycles. The van der Waals surface area contributed by atoms with Crippen LogP contribution in [0.5, 0.6) is 0 Å². The SMILES string of the molecule is CS(=O)(=O)OCc1c[nH]c(Sc2cccc(C(F)(F)F)c2)c1. The molecule has 0 radical (unpaired) electrons. The third-order valence-electron chi connectivity index (χ3n) is 2.55. The van der Waals surface area contributed by atoms with Gasteiger partial charge in [0.15, 0.2) is 0 Å². The molecule has 1 aromatic heterocycles. The molecule has 0 fully saturated rings.